The third-order valence-corrected chi connectivity index (χ3v) is 3.20. The van der Waals surface area contributed by atoms with Crippen LogP contribution in [0.25, 0.3) is 0 Å². The first-order valence-corrected chi connectivity index (χ1v) is 6.87. The summed E-state index contributed by atoms with van der Waals surface area (Å²) < 4.78 is 1.89. The van der Waals surface area contributed by atoms with E-state index in [4.69, 9.17) is 5.73 Å². The van der Waals surface area contributed by atoms with E-state index in [1.54, 1.807) is 0 Å². The highest BCUT2D eigenvalue weighted by Crippen LogP contribution is 2.17. The van der Waals surface area contributed by atoms with Crippen molar-refractivity contribution < 1.29 is 9.59 Å². The van der Waals surface area contributed by atoms with E-state index in [2.05, 4.69) is 20.8 Å². The number of nitrogens with two attached hydrogens (primary N) is 1. The number of rotatable bonds is 6. The van der Waals surface area contributed by atoms with E-state index in [9.17, 15) is 9.59 Å². The van der Waals surface area contributed by atoms with Gasteiger partial charge in [-0.2, -0.15) is 0 Å². The van der Waals surface area contributed by atoms with Crippen molar-refractivity contribution in [1.29, 1.82) is 0 Å². The first-order valence-electron chi connectivity index (χ1n) is 5.88. The summed E-state index contributed by atoms with van der Waals surface area (Å²) in [7, 11) is 1.45. The zero-order chi connectivity index (χ0) is 14.3. The van der Waals surface area contributed by atoms with Gasteiger partial charge in [0.1, 0.15) is 5.82 Å². The summed E-state index contributed by atoms with van der Waals surface area (Å²) in [6, 6.07) is -0.525. The molecular weight excluding hydrogens is 268 g/mol. The average Bonchev–Trinajstić information content (AvgIpc) is 2.79. The monoisotopic (exact) mass is 286 g/mol. The number of nitrogens with zero attached hydrogens (tertiary/aromatic N) is 3. The molecule has 1 rings (SSSR count). The molecule has 9 heteroatoms. The molecule has 0 spiro atoms. The molecular formula is C10H18N6O2S. The molecule has 1 aromatic rings. The number of carbonyl (C=O) groups excluding carboxylic acids is 2. The largest absolute Gasteiger partial charge is 0.341 e. The predicted octanol–water partition coefficient (Wildman–Crippen LogP) is -0.305. The molecule has 0 aromatic carbocycles. The zero-order valence-corrected chi connectivity index (χ0v) is 11.8. The van der Waals surface area contributed by atoms with Crippen LogP contribution in [-0.4, -0.2) is 39.5 Å². The number of imide groups is 1. The number of thioether (sulfide) groups is 1. The molecule has 8 nitrogen and oxygen atoms in total. The molecule has 0 aliphatic heterocycles. The molecule has 0 aliphatic rings. The smallest absolute Gasteiger partial charge is 0.321 e. The maximum atomic E-state index is 11.5. The number of aromatic nitrogens is 3. The topological polar surface area (TPSA) is 115 Å². The number of hydrogen-bond donors (Lipinski definition) is 3. The highest BCUT2D eigenvalue weighted by Gasteiger charge is 2.13. The summed E-state index contributed by atoms with van der Waals surface area (Å²) in [6.07, 6.45) is 0.920. The van der Waals surface area contributed by atoms with Gasteiger partial charge in [0.2, 0.25) is 5.91 Å². The Hall–Kier alpha value is -1.61. The predicted molar refractivity (Wildman–Crippen MR) is 71.5 cm³/mol. The Bertz CT molecular complexity index is 447. The molecule has 3 amide bonds. The van der Waals surface area contributed by atoms with Crippen LogP contribution in [0.15, 0.2) is 5.16 Å². The second-order valence-corrected chi connectivity index (χ2v) is 4.61. The summed E-state index contributed by atoms with van der Waals surface area (Å²) in [5.74, 6) is 0.403. The standard InChI is InChI=1S/C10H18N6O2S/c1-3-4-16-7(5-11)14-15-10(16)19-6-8(17)13-9(18)12-2/h3-6,11H2,1-2H3,(H2,12,13,17,18). The molecule has 0 radical (unpaired) electrons. The lowest BCUT2D eigenvalue weighted by atomic mass is 10.4. The van der Waals surface area contributed by atoms with Crippen LogP contribution < -0.4 is 16.4 Å². The third-order valence-electron chi connectivity index (χ3n) is 2.24. The minimum Gasteiger partial charge on any atom is -0.341 e. The highest BCUT2D eigenvalue weighted by molar-refractivity contribution is 7.99. The summed E-state index contributed by atoms with van der Waals surface area (Å²) in [6.45, 7) is 3.09. The molecule has 0 aliphatic carbocycles. The SMILES string of the molecule is CCCn1c(CN)nnc1SCC(=O)NC(=O)NC. The van der Waals surface area contributed by atoms with Crippen molar-refractivity contribution in [2.45, 2.75) is 31.6 Å². The fourth-order valence-electron chi connectivity index (χ4n) is 1.38. The van der Waals surface area contributed by atoms with Crippen molar-refractivity contribution >= 4 is 23.7 Å². The van der Waals surface area contributed by atoms with Gasteiger partial charge in [-0.05, 0) is 6.42 Å². The van der Waals surface area contributed by atoms with Crippen LogP contribution in [-0.2, 0) is 17.9 Å². The molecule has 0 bridgehead atoms. The fraction of sp³-hybridized carbons (Fsp3) is 0.600. The Morgan fingerprint density at radius 3 is 2.74 bits per heavy atom. The van der Waals surface area contributed by atoms with Crippen LogP contribution in [0.3, 0.4) is 0 Å². The Kier molecular flexibility index (Phi) is 6.30. The molecule has 19 heavy (non-hydrogen) atoms. The van der Waals surface area contributed by atoms with Gasteiger partial charge in [-0.25, -0.2) is 4.79 Å². The Balaban J connectivity index is 2.59. The van der Waals surface area contributed by atoms with Gasteiger partial charge in [0.25, 0.3) is 0 Å². The molecule has 0 fully saturated rings. The molecule has 106 valence electrons. The Morgan fingerprint density at radius 1 is 1.42 bits per heavy atom. The number of hydrogen-bond acceptors (Lipinski definition) is 6. The van der Waals surface area contributed by atoms with Crippen LogP contribution in [0.5, 0.6) is 0 Å². The second-order valence-electron chi connectivity index (χ2n) is 3.67. The minimum atomic E-state index is -0.525. The van der Waals surface area contributed by atoms with Crippen LogP contribution >= 0.6 is 11.8 Å². The van der Waals surface area contributed by atoms with Crippen LogP contribution in [0, 0.1) is 0 Å². The number of nitrogens with one attached hydrogen (secondary N) is 2. The van der Waals surface area contributed by atoms with E-state index in [1.165, 1.54) is 18.8 Å². The molecule has 1 aromatic heterocycles. The molecule has 0 saturated heterocycles. The van der Waals surface area contributed by atoms with Crippen LogP contribution in [0.4, 0.5) is 4.79 Å². The molecule has 0 atom stereocenters. The van der Waals surface area contributed by atoms with Gasteiger partial charge in [0.05, 0.1) is 12.3 Å². The van der Waals surface area contributed by atoms with Gasteiger partial charge < -0.3 is 15.6 Å². The molecule has 4 N–H and O–H groups in total. The Morgan fingerprint density at radius 2 is 2.16 bits per heavy atom. The van der Waals surface area contributed by atoms with E-state index in [-0.39, 0.29) is 11.7 Å². The first-order chi connectivity index (χ1) is 9.12. The van der Waals surface area contributed by atoms with E-state index in [1.807, 2.05) is 11.5 Å². The molecule has 0 saturated carbocycles. The summed E-state index contributed by atoms with van der Waals surface area (Å²) >= 11 is 1.23. The highest BCUT2D eigenvalue weighted by atomic mass is 32.2. The number of amides is 3. The third kappa shape index (κ3) is 4.52. The fourth-order valence-corrected chi connectivity index (χ4v) is 2.16. The zero-order valence-electron chi connectivity index (χ0n) is 11.0. The quantitative estimate of drug-likeness (QED) is 0.618. The van der Waals surface area contributed by atoms with Gasteiger partial charge in [0.15, 0.2) is 5.16 Å². The van der Waals surface area contributed by atoms with Crippen molar-refractivity contribution in [2.24, 2.45) is 5.73 Å². The lowest BCUT2D eigenvalue weighted by Crippen LogP contribution is -2.38. The van der Waals surface area contributed by atoms with E-state index >= 15 is 0 Å². The summed E-state index contributed by atoms with van der Waals surface area (Å²) in [5.41, 5.74) is 5.57. The van der Waals surface area contributed by atoms with Crippen molar-refractivity contribution in [2.75, 3.05) is 12.8 Å². The maximum absolute atomic E-state index is 11.5. The summed E-state index contributed by atoms with van der Waals surface area (Å²) in [4.78, 5) is 22.4. The van der Waals surface area contributed by atoms with Crippen molar-refractivity contribution in [1.82, 2.24) is 25.4 Å². The van der Waals surface area contributed by atoms with E-state index < -0.39 is 6.03 Å². The maximum Gasteiger partial charge on any atom is 0.321 e. The van der Waals surface area contributed by atoms with Gasteiger partial charge in [-0.1, -0.05) is 18.7 Å². The van der Waals surface area contributed by atoms with Gasteiger partial charge in [0, 0.05) is 13.6 Å². The number of urea groups is 1. The molecule has 1 heterocycles. The van der Waals surface area contributed by atoms with Crippen molar-refractivity contribution in [3.63, 3.8) is 0 Å². The first kappa shape index (κ1) is 15.4. The van der Waals surface area contributed by atoms with Gasteiger partial charge in [-0.15, -0.1) is 10.2 Å². The van der Waals surface area contributed by atoms with Crippen molar-refractivity contribution in [3.05, 3.63) is 5.82 Å². The van der Waals surface area contributed by atoms with Crippen LogP contribution in [0.2, 0.25) is 0 Å². The van der Waals surface area contributed by atoms with Crippen LogP contribution in [0.1, 0.15) is 19.2 Å². The summed E-state index contributed by atoms with van der Waals surface area (Å²) in [5, 5.41) is 13.1. The lowest BCUT2D eigenvalue weighted by Gasteiger charge is -2.07. The second kappa shape index (κ2) is 7.74. The lowest BCUT2D eigenvalue weighted by molar-refractivity contribution is -0.117. The average molecular weight is 286 g/mol. The Labute approximate surface area is 115 Å². The van der Waals surface area contributed by atoms with Gasteiger partial charge >= 0.3 is 6.03 Å². The normalized spacial score (nSPS) is 10.3. The molecule has 0 unspecified atom stereocenters. The van der Waals surface area contributed by atoms with Gasteiger partial charge in [-0.3, -0.25) is 10.1 Å². The minimum absolute atomic E-state index is 0.0971. The van der Waals surface area contributed by atoms with Crippen molar-refractivity contribution in [3.8, 4) is 0 Å². The van der Waals surface area contributed by atoms with E-state index in [0.717, 1.165) is 13.0 Å². The number of carbonyl (C=O) groups is 2. The van der Waals surface area contributed by atoms with E-state index in [0.29, 0.717) is 17.5 Å².